The Morgan fingerprint density at radius 1 is 1.50 bits per heavy atom. The monoisotopic (exact) mass is 300 g/mol. The highest BCUT2D eigenvalue weighted by Gasteiger charge is 2.62. The van der Waals surface area contributed by atoms with Crippen molar-refractivity contribution in [2.75, 3.05) is 6.54 Å². The van der Waals surface area contributed by atoms with E-state index >= 15 is 0 Å². The molecular weight excluding hydrogens is 280 g/mol. The normalized spacial score (nSPS) is 23.5. The van der Waals surface area contributed by atoms with Crippen LogP contribution in [-0.4, -0.2) is 32.2 Å². The molecule has 6 nitrogen and oxygen atoms in total. The van der Waals surface area contributed by atoms with Crippen molar-refractivity contribution < 1.29 is 9.90 Å². The SMILES string of the molecule is Cc1ccc(-n2cnc(C3(C(=O)O)CC3CCCN)c2)nc1. The maximum Gasteiger partial charge on any atom is 0.316 e. The number of nitrogens with zero attached hydrogens (tertiary/aromatic N) is 3. The number of carboxylic acid groups (broad SMARTS) is 1. The molecule has 2 unspecified atom stereocenters. The molecule has 0 radical (unpaired) electrons. The number of hydrogen-bond donors (Lipinski definition) is 2. The van der Waals surface area contributed by atoms with Crippen LogP contribution in [0.5, 0.6) is 0 Å². The molecule has 2 heterocycles. The highest BCUT2D eigenvalue weighted by Crippen LogP contribution is 2.56. The molecule has 0 aromatic carbocycles. The molecule has 0 saturated heterocycles. The number of carbonyl (C=O) groups is 1. The second-order valence-electron chi connectivity index (χ2n) is 5.97. The van der Waals surface area contributed by atoms with Gasteiger partial charge in [0, 0.05) is 12.4 Å². The predicted molar refractivity (Wildman–Crippen MR) is 81.8 cm³/mol. The standard InChI is InChI=1S/C16H20N4O2/c1-11-4-5-14(18-8-11)20-9-13(19-10-20)16(15(21)22)7-12(16)3-2-6-17/h4-5,8-10,12H,2-3,6-7,17H2,1H3,(H,21,22). The van der Waals surface area contributed by atoms with Crippen molar-refractivity contribution in [1.82, 2.24) is 14.5 Å². The Morgan fingerprint density at radius 2 is 2.32 bits per heavy atom. The molecule has 1 fully saturated rings. The lowest BCUT2D eigenvalue weighted by atomic mass is 9.98. The lowest BCUT2D eigenvalue weighted by molar-refractivity contribution is -0.140. The van der Waals surface area contributed by atoms with Crippen LogP contribution in [0, 0.1) is 12.8 Å². The summed E-state index contributed by atoms with van der Waals surface area (Å²) in [6.45, 7) is 2.57. The number of rotatable bonds is 6. The fourth-order valence-electron chi connectivity index (χ4n) is 3.02. The molecule has 3 rings (SSSR count). The number of hydrogen-bond acceptors (Lipinski definition) is 4. The summed E-state index contributed by atoms with van der Waals surface area (Å²) in [4.78, 5) is 20.4. The van der Waals surface area contributed by atoms with Gasteiger partial charge >= 0.3 is 5.97 Å². The lowest BCUT2D eigenvalue weighted by Crippen LogP contribution is -2.23. The molecule has 2 aromatic rings. The molecule has 22 heavy (non-hydrogen) atoms. The zero-order chi connectivity index (χ0) is 15.7. The summed E-state index contributed by atoms with van der Waals surface area (Å²) in [5, 5.41) is 9.65. The lowest BCUT2D eigenvalue weighted by Gasteiger charge is -2.09. The molecule has 3 N–H and O–H groups in total. The molecule has 2 atom stereocenters. The number of aromatic nitrogens is 3. The van der Waals surface area contributed by atoms with Gasteiger partial charge in [0.05, 0.1) is 5.69 Å². The quantitative estimate of drug-likeness (QED) is 0.846. The van der Waals surface area contributed by atoms with Crippen LogP contribution in [-0.2, 0) is 10.2 Å². The van der Waals surface area contributed by atoms with Crippen LogP contribution in [0.4, 0.5) is 0 Å². The smallest absolute Gasteiger partial charge is 0.316 e. The molecule has 1 aliphatic carbocycles. The van der Waals surface area contributed by atoms with Crippen molar-refractivity contribution in [2.45, 2.75) is 31.6 Å². The summed E-state index contributed by atoms with van der Waals surface area (Å²) in [6, 6.07) is 3.86. The van der Waals surface area contributed by atoms with Gasteiger partial charge in [0.1, 0.15) is 17.6 Å². The van der Waals surface area contributed by atoms with Gasteiger partial charge in [-0.2, -0.15) is 0 Å². The van der Waals surface area contributed by atoms with Crippen LogP contribution in [0.25, 0.3) is 5.82 Å². The fourth-order valence-corrected chi connectivity index (χ4v) is 3.02. The third-order valence-electron chi connectivity index (χ3n) is 4.44. The van der Waals surface area contributed by atoms with Crippen molar-refractivity contribution in [3.63, 3.8) is 0 Å². The molecule has 1 aliphatic rings. The van der Waals surface area contributed by atoms with E-state index in [1.165, 1.54) is 0 Å². The Kier molecular flexibility index (Phi) is 3.70. The van der Waals surface area contributed by atoms with Gasteiger partial charge in [-0.25, -0.2) is 9.97 Å². The van der Waals surface area contributed by atoms with Crippen LogP contribution in [0.1, 0.15) is 30.5 Å². The number of pyridine rings is 1. The minimum absolute atomic E-state index is 0.128. The Hall–Kier alpha value is -2.21. The maximum absolute atomic E-state index is 11.8. The van der Waals surface area contributed by atoms with E-state index in [1.807, 2.05) is 19.1 Å². The molecule has 0 aliphatic heterocycles. The summed E-state index contributed by atoms with van der Waals surface area (Å²) < 4.78 is 1.78. The van der Waals surface area contributed by atoms with E-state index in [2.05, 4.69) is 9.97 Å². The third-order valence-corrected chi connectivity index (χ3v) is 4.44. The predicted octanol–water partition coefficient (Wildman–Crippen LogP) is 1.66. The van der Waals surface area contributed by atoms with E-state index < -0.39 is 11.4 Å². The first-order valence-corrected chi connectivity index (χ1v) is 7.49. The molecule has 2 aromatic heterocycles. The van der Waals surface area contributed by atoms with E-state index in [0.717, 1.165) is 24.2 Å². The van der Waals surface area contributed by atoms with Crippen LogP contribution < -0.4 is 5.73 Å². The first kappa shape index (κ1) is 14.7. The van der Waals surface area contributed by atoms with Crippen molar-refractivity contribution in [1.29, 1.82) is 0 Å². The van der Waals surface area contributed by atoms with Gasteiger partial charge in [-0.05, 0) is 50.3 Å². The van der Waals surface area contributed by atoms with Crippen molar-refractivity contribution >= 4 is 5.97 Å². The van der Waals surface area contributed by atoms with E-state index in [1.54, 1.807) is 23.3 Å². The Bertz CT molecular complexity index is 680. The summed E-state index contributed by atoms with van der Waals surface area (Å²) in [7, 11) is 0. The van der Waals surface area contributed by atoms with Crippen molar-refractivity contribution in [3.8, 4) is 5.82 Å². The fraction of sp³-hybridized carbons (Fsp3) is 0.438. The van der Waals surface area contributed by atoms with E-state index in [9.17, 15) is 9.90 Å². The van der Waals surface area contributed by atoms with E-state index in [-0.39, 0.29) is 5.92 Å². The molecular formula is C16H20N4O2. The molecule has 0 spiro atoms. The van der Waals surface area contributed by atoms with Crippen molar-refractivity contribution in [2.24, 2.45) is 11.7 Å². The van der Waals surface area contributed by atoms with Crippen molar-refractivity contribution in [3.05, 3.63) is 42.1 Å². The number of imidazole rings is 1. The zero-order valence-corrected chi connectivity index (χ0v) is 12.6. The van der Waals surface area contributed by atoms with Gasteiger partial charge in [-0.1, -0.05) is 6.07 Å². The van der Waals surface area contributed by atoms with Gasteiger partial charge < -0.3 is 10.8 Å². The Labute approximate surface area is 129 Å². The average molecular weight is 300 g/mol. The molecule has 0 amide bonds. The molecule has 116 valence electrons. The topological polar surface area (TPSA) is 94.0 Å². The second kappa shape index (κ2) is 5.53. The van der Waals surface area contributed by atoms with Gasteiger partial charge in [0.25, 0.3) is 0 Å². The number of aryl methyl sites for hydroxylation is 1. The van der Waals surface area contributed by atoms with Gasteiger partial charge in [0.15, 0.2) is 0 Å². The maximum atomic E-state index is 11.8. The highest BCUT2D eigenvalue weighted by atomic mass is 16.4. The van der Waals surface area contributed by atoms with E-state index in [4.69, 9.17) is 5.73 Å². The van der Waals surface area contributed by atoms with Gasteiger partial charge in [-0.15, -0.1) is 0 Å². The van der Waals surface area contributed by atoms with Gasteiger partial charge in [0.2, 0.25) is 0 Å². The third kappa shape index (κ3) is 2.39. The molecule has 6 heteroatoms. The summed E-state index contributed by atoms with van der Waals surface area (Å²) >= 11 is 0. The molecule has 0 bridgehead atoms. The zero-order valence-electron chi connectivity index (χ0n) is 12.6. The minimum atomic E-state index is -0.842. The summed E-state index contributed by atoms with van der Waals surface area (Å²) in [6.07, 6.45) is 7.52. The Balaban J connectivity index is 1.86. The number of nitrogens with two attached hydrogens (primary N) is 1. The number of aliphatic carboxylic acids is 1. The van der Waals surface area contributed by atoms with Gasteiger partial charge in [-0.3, -0.25) is 9.36 Å². The highest BCUT2D eigenvalue weighted by molar-refractivity contribution is 5.85. The van der Waals surface area contributed by atoms with Crippen LogP contribution >= 0.6 is 0 Å². The molecule has 1 saturated carbocycles. The van der Waals surface area contributed by atoms with Crippen LogP contribution in [0.3, 0.4) is 0 Å². The Morgan fingerprint density at radius 3 is 2.95 bits per heavy atom. The first-order valence-electron chi connectivity index (χ1n) is 7.49. The first-order chi connectivity index (χ1) is 10.6. The number of carboxylic acids is 1. The minimum Gasteiger partial charge on any atom is -0.481 e. The van der Waals surface area contributed by atoms with E-state index in [0.29, 0.717) is 18.7 Å². The largest absolute Gasteiger partial charge is 0.481 e. The average Bonchev–Trinajstić information content (AvgIpc) is 3.04. The second-order valence-corrected chi connectivity index (χ2v) is 5.97. The summed E-state index contributed by atoms with van der Waals surface area (Å²) in [5.41, 5.74) is 6.38. The van der Waals surface area contributed by atoms with Crippen LogP contribution in [0.2, 0.25) is 0 Å². The summed E-state index contributed by atoms with van der Waals surface area (Å²) in [5.74, 6) is 0.0727. The van der Waals surface area contributed by atoms with Crippen LogP contribution in [0.15, 0.2) is 30.9 Å².